The average Bonchev–Trinajstić information content (AvgIpc) is 2.97. The molecule has 3 aromatic rings. The van der Waals surface area contributed by atoms with Gasteiger partial charge < -0.3 is 15.2 Å². The quantitative estimate of drug-likeness (QED) is 0.513. The summed E-state index contributed by atoms with van der Waals surface area (Å²) in [6.45, 7) is 3.31. The van der Waals surface area contributed by atoms with E-state index >= 15 is 0 Å². The minimum atomic E-state index is -0.499. The van der Waals surface area contributed by atoms with Crippen LogP contribution in [0.2, 0.25) is 0 Å². The average molecular weight is 387 g/mol. The normalized spacial score (nSPS) is 10.7. The molecule has 27 heavy (non-hydrogen) atoms. The van der Waals surface area contributed by atoms with Crippen molar-refractivity contribution in [3.8, 4) is 5.75 Å². The van der Waals surface area contributed by atoms with E-state index in [1.54, 1.807) is 32.0 Å². The highest BCUT2D eigenvalue weighted by Crippen LogP contribution is 2.27. The van der Waals surface area contributed by atoms with Gasteiger partial charge in [0.2, 0.25) is 5.91 Å². The Morgan fingerprint density at radius 3 is 2.78 bits per heavy atom. The van der Waals surface area contributed by atoms with Crippen molar-refractivity contribution in [2.24, 2.45) is 0 Å². The zero-order valence-corrected chi connectivity index (χ0v) is 15.5. The summed E-state index contributed by atoms with van der Waals surface area (Å²) in [6, 6.07) is 6.29. The number of fused-ring (bicyclic) bond motifs is 1. The monoisotopic (exact) mass is 387 g/mol. The lowest BCUT2D eigenvalue weighted by Crippen LogP contribution is -2.27. The first-order valence-corrected chi connectivity index (χ1v) is 8.97. The molecule has 8 nitrogen and oxygen atoms in total. The summed E-state index contributed by atoms with van der Waals surface area (Å²) < 4.78 is 6.16. The Kier molecular flexibility index (Phi) is 5.22. The number of hydrogen-bond donors (Lipinski definition) is 2. The highest BCUT2D eigenvalue weighted by Gasteiger charge is 2.20. The minimum absolute atomic E-state index is 0.0699. The number of amides is 1. The van der Waals surface area contributed by atoms with Gasteiger partial charge in [0.1, 0.15) is 22.0 Å². The highest BCUT2D eigenvalue weighted by molar-refractivity contribution is 7.20. The molecular weight excluding hydrogens is 370 g/mol. The molecule has 140 valence electrons. The van der Waals surface area contributed by atoms with E-state index in [9.17, 15) is 19.5 Å². The molecule has 0 bridgehead atoms. The van der Waals surface area contributed by atoms with Crippen LogP contribution in [0.4, 0.5) is 5.69 Å². The SMILES string of the molecule is CCOC(=O)c1sc2ncn(CC(=O)Nc3ccccc3O)c(=O)c2c1C. The molecule has 0 fully saturated rings. The zero-order valence-electron chi connectivity index (χ0n) is 14.7. The van der Waals surface area contributed by atoms with E-state index in [-0.39, 0.29) is 24.6 Å². The summed E-state index contributed by atoms with van der Waals surface area (Å²) in [6.07, 6.45) is 1.26. The van der Waals surface area contributed by atoms with Crippen LogP contribution in [0.25, 0.3) is 10.2 Å². The Bertz CT molecular complexity index is 1090. The predicted octanol–water partition coefficient (Wildman–Crippen LogP) is 2.29. The fraction of sp³-hybridized carbons (Fsp3) is 0.222. The number of carbonyl (C=O) groups excluding carboxylic acids is 2. The lowest BCUT2D eigenvalue weighted by Gasteiger charge is -2.08. The van der Waals surface area contributed by atoms with Crippen LogP contribution in [-0.4, -0.2) is 33.1 Å². The number of nitrogens with one attached hydrogen (secondary N) is 1. The number of rotatable bonds is 5. The summed E-state index contributed by atoms with van der Waals surface area (Å²) in [5.74, 6) is -1.06. The fourth-order valence-electron chi connectivity index (χ4n) is 2.59. The number of carbonyl (C=O) groups is 2. The van der Waals surface area contributed by atoms with Crippen molar-refractivity contribution in [3.63, 3.8) is 0 Å². The molecule has 0 atom stereocenters. The molecule has 3 rings (SSSR count). The van der Waals surface area contributed by atoms with E-state index in [1.165, 1.54) is 12.4 Å². The van der Waals surface area contributed by atoms with Crippen LogP contribution in [0.1, 0.15) is 22.2 Å². The van der Waals surface area contributed by atoms with Crippen LogP contribution in [0.5, 0.6) is 5.75 Å². The first-order chi connectivity index (χ1) is 12.9. The standard InChI is InChI=1S/C18H17N3O5S/c1-3-26-18(25)15-10(2)14-16(27-15)19-9-21(17(14)24)8-13(23)20-11-6-4-5-7-12(11)22/h4-7,9,22H,3,8H2,1-2H3,(H,20,23). The number of hydrogen-bond acceptors (Lipinski definition) is 7. The Balaban J connectivity index is 1.90. The van der Waals surface area contributed by atoms with Gasteiger partial charge in [-0.05, 0) is 31.5 Å². The van der Waals surface area contributed by atoms with Gasteiger partial charge in [-0.2, -0.15) is 0 Å². The molecular formula is C18H17N3O5S. The second kappa shape index (κ2) is 7.58. The number of aromatic hydroxyl groups is 1. The molecule has 0 spiro atoms. The van der Waals surface area contributed by atoms with E-state index in [2.05, 4.69) is 10.3 Å². The topological polar surface area (TPSA) is 111 Å². The summed E-state index contributed by atoms with van der Waals surface area (Å²) >= 11 is 1.09. The lowest BCUT2D eigenvalue weighted by molar-refractivity contribution is -0.116. The zero-order chi connectivity index (χ0) is 19.6. The first kappa shape index (κ1) is 18.6. The second-order valence-corrected chi connectivity index (χ2v) is 6.70. The van der Waals surface area contributed by atoms with Gasteiger partial charge in [0, 0.05) is 0 Å². The summed E-state index contributed by atoms with van der Waals surface area (Å²) in [7, 11) is 0. The smallest absolute Gasteiger partial charge is 0.348 e. The van der Waals surface area contributed by atoms with E-state index in [1.807, 2.05) is 0 Å². The Hall–Kier alpha value is -3.20. The molecule has 9 heteroatoms. The van der Waals surface area contributed by atoms with Crippen LogP contribution < -0.4 is 10.9 Å². The number of para-hydroxylation sites is 2. The molecule has 1 aromatic carbocycles. The number of phenols is 1. The Morgan fingerprint density at radius 2 is 2.07 bits per heavy atom. The number of anilines is 1. The van der Waals surface area contributed by atoms with Gasteiger partial charge in [-0.3, -0.25) is 14.2 Å². The molecule has 0 unspecified atom stereocenters. The summed E-state index contributed by atoms with van der Waals surface area (Å²) in [5, 5.41) is 12.6. The second-order valence-electron chi connectivity index (χ2n) is 5.70. The third-order valence-electron chi connectivity index (χ3n) is 3.87. The third-order valence-corrected chi connectivity index (χ3v) is 5.05. The lowest BCUT2D eigenvalue weighted by atomic mass is 10.2. The highest BCUT2D eigenvalue weighted by atomic mass is 32.1. The number of nitrogens with zero attached hydrogens (tertiary/aromatic N) is 2. The van der Waals surface area contributed by atoms with Gasteiger partial charge in [0.05, 0.1) is 24.0 Å². The summed E-state index contributed by atoms with van der Waals surface area (Å²) in [5.41, 5.74) is 0.319. The van der Waals surface area contributed by atoms with Crippen molar-refractivity contribution in [2.75, 3.05) is 11.9 Å². The molecule has 2 heterocycles. The van der Waals surface area contributed by atoms with Crippen molar-refractivity contribution in [1.82, 2.24) is 9.55 Å². The maximum atomic E-state index is 12.7. The van der Waals surface area contributed by atoms with Crippen LogP contribution >= 0.6 is 11.3 Å². The number of thiophene rings is 1. The van der Waals surface area contributed by atoms with Gasteiger partial charge in [-0.1, -0.05) is 12.1 Å². The van der Waals surface area contributed by atoms with E-state index < -0.39 is 17.4 Å². The van der Waals surface area contributed by atoms with Crippen molar-refractivity contribution >= 4 is 39.1 Å². The van der Waals surface area contributed by atoms with Gasteiger partial charge >= 0.3 is 5.97 Å². The third kappa shape index (κ3) is 3.68. The molecule has 0 saturated carbocycles. The predicted molar refractivity (Wildman–Crippen MR) is 101 cm³/mol. The number of phenolic OH excluding ortho intramolecular Hbond substituents is 1. The molecule has 2 aromatic heterocycles. The molecule has 0 saturated heterocycles. The van der Waals surface area contributed by atoms with Crippen LogP contribution in [-0.2, 0) is 16.1 Å². The molecule has 0 aliphatic carbocycles. The van der Waals surface area contributed by atoms with Crippen molar-refractivity contribution in [2.45, 2.75) is 20.4 Å². The maximum Gasteiger partial charge on any atom is 0.348 e. The maximum absolute atomic E-state index is 12.7. The van der Waals surface area contributed by atoms with Gasteiger partial charge in [0.25, 0.3) is 5.56 Å². The van der Waals surface area contributed by atoms with Crippen molar-refractivity contribution in [1.29, 1.82) is 0 Å². The molecule has 0 aliphatic heterocycles. The van der Waals surface area contributed by atoms with Crippen molar-refractivity contribution in [3.05, 3.63) is 51.4 Å². The Labute approximate surface area is 158 Å². The summed E-state index contributed by atoms with van der Waals surface area (Å²) in [4.78, 5) is 41.9. The van der Waals surface area contributed by atoms with Crippen LogP contribution in [0.3, 0.4) is 0 Å². The molecule has 1 amide bonds. The molecule has 0 aliphatic rings. The van der Waals surface area contributed by atoms with E-state index in [0.29, 0.717) is 20.7 Å². The minimum Gasteiger partial charge on any atom is -0.506 e. The number of aromatic nitrogens is 2. The largest absolute Gasteiger partial charge is 0.506 e. The number of esters is 1. The molecule has 2 N–H and O–H groups in total. The fourth-order valence-corrected chi connectivity index (χ4v) is 3.62. The van der Waals surface area contributed by atoms with Crippen LogP contribution in [0, 0.1) is 6.92 Å². The first-order valence-electron chi connectivity index (χ1n) is 8.15. The van der Waals surface area contributed by atoms with Gasteiger partial charge in [-0.25, -0.2) is 9.78 Å². The Morgan fingerprint density at radius 1 is 1.33 bits per heavy atom. The van der Waals surface area contributed by atoms with E-state index in [4.69, 9.17) is 4.74 Å². The number of benzene rings is 1. The van der Waals surface area contributed by atoms with Gasteiger partial charge in [0.15, 0.2) is 0 Å². The number of ether oxygens (including phenoxy) is 1. The van der Waals surface area contributed by atoms with Crippen LogP contribution in [0.15, 0.2) is 35.4 Å². The van der Waals surface area contributed by atoms with Gasteiger partial charge in [-0.15, -0.1) is 11.3 Å². The van der Waals surface area contributed by atoms with E-state index in [0.717, 1.165) is 15.9 Å². The molecule has 0 radical (unpaired) electrons. The number of aryl methyl sites for hydroxylation is 1. The van der Waals surface area contributed by atoms with Crippen molar-refractivity contribution < 1.29 is 19.4 Å².